The molecule has 0 aliphatic heterocycles. The maximum absolute atomic E-state index is 11.0. The summed E-state index contributed by atoms with van der Waals surface area (Å²) in [6, 6.07) is 8.19. The van der Waals surface area contributed by atoms with Crippen molar-refractivity contribution in [1.29, 1.82) is 0 Å². The van der Waals surface area contributed by atoms with Crippen LogP contribution in [0.25, 0.3) is 22.0 Å². The van der Waals surface area contributed by atoms with E-state index in [4.69, 9.17) is 10.5 Å². The van der Waals surface area contributed by atoms with E-state index in [9.17, 15) is 10.1 Å². The molecule has 0 amide bonds. The van der Waals surface area contributed by atoms with Gasteiger partial charge < -0.3 is 10.5 Å². The van der Waals surface area contributed by atoms with Crippen molar-refractivity contribution in [1.82, 2.24) is 9.97 Å². The van der Waals surface area contributed by atoms with Gasteiger partial charge in [-0.25, -0.2) is 9.97 Å². The number of non-ortho nitro benzene ring substituents is 1. The zero-order valence-corrected chi connectivity index (χ0v) is 13.6. The summed E-state index contributed by atoms with van der Waals surface area (Å²) < 4.78 is 6.04. The summed E-state index contributed by atoms with van der Waals surface area (Å²) in [4.78, 5) is 18.8. The lowest BCUT2D eigenvalue weighted by Gasteiger charge is -2.12. The highest BCUT2D eigenvalue weighted by Gasteiger charge is 2.16. The molecule has 0 saturated carbocycles. The fourth-order valence-electron chi connectivity index (χ4n) is 2.37. The molecule has 0 bridgehead atoms. The van der Waals surface area contributed by atoms with E-state index in [1.165, 1.54) is 19.2 Å². The standard InChI is InChI=1S/C15H11BrN4O3/c1-23-14-12(16)6-10(11-7-18-15(17)19-13(11)14)8-3-2-4-9(5-8)20(21)22/h2-7H,1H3,(H2,17,18,19). The predicted molar refractivity (Wildman–Crippen MR) is 90.3 cm³/mol. The Morgan fingerprint density at radius 3 is 2.83 bits per heavy atom. The average molecular weight is 375 g/mol. The van der Waals surface area contributed by atoms with Crippen LogP contribution in [0.1, 0.15) is 0 Å². The molecule has 0 radical (unpaired) electrons. The fraction of sp³-hybridized carbons (Fsp3) is 0.0667. The highest BCUT2D eigenvalue weighted by molar-refractivity contribution is 9.10. The van der Waals surface area contributed by atoms with Crippen LogP contribution < -0.4 is 10.5 Å². The van der Waals surface area contributed by atoms with Gasteiger partial charge >= 0.3 is 0 Å². The van der Waals surface area contributed by atoms with Crippen LogP contribution in [0.15, 0.2) is 41.0 Å². The summed E-state index contributed by atoms with van der Waals surface area (Å²) in [7, 11) is 1.53. The Kier molecular flexibility index (Phi) is 3.83. The first-order chi connectivity index (χ1) is 11.0. The van der Waals surface area contributed by atoms with E-state index >= 15 is 0 Å². The van der Waals surface area contributed by atoms with Crippen LogP contribution >= 0.6 is 15.9 Å². The number of methoxy groups -OCH3 is 1. The number of anilines is 1. The first-order valence-corrected chi connectivity index (χ1v) is 7.34. The Labute approximate surface area is 139 Å². The Bertz CT molecular complexity index is 930. The smallest absolute Gasteiger partial charge is 0.270 e. The maximum atomic E-state index is 11.0. The largest absolute Gasteiger partial charge is 0.493 e. The van der Waals surface area contributed by atoms with Gasteiger partial charge in [0.25, 0.3) is 5.69 Å². The van der Waals surface area contributed by atoms with E-state index in [1.54, 1.807) is 18.3 Å². The number of nitrogens with zero attached hydrogens (tertiary/aromatic N) is 3. The minimum Gasteiger partial charge on any atom is -0.493 e. The topological polar surface area (TPSA) is 104 Å². The molecule has 0 atom stereocenters. The number of nitro benzene ring substituents is 1. The lowest BCUT2D eigenvalue weighted by molar-refractivity contribution is -0.384. The van der Waals surface area contributed by atoms with Crippen molar-refractivity contribution in [3.63, 3.8) is 0 Å². The summed E-state index contributed by atoms with van der Waals surface area (Å²) in [5, 5.41) is 11.7. The average Bonchev–Trinajstić information content (AvgIpc) is 2.54. The molecule has 3 rings (SSSR count). The molecule has 116 valence electrons. The molecule has 0 unspecified atom stereocenters. The first-order valence-electron chi connectivity index (χ1n) is 6.55. The Morgan fingerprint density at radius 1 is 1.35 bits per heavy atom. The van der Waals surface area contributed by atoms with Gasteiger partial charge in [0.2, 0.25) is 5.95 Å². The molecule has 0 fully saturated rings. The lowest BCUT2D eigenvalue weighted by Crippen LogP contribution is -1.98. The molecule has 2 N–H and O–H groups in total. The highest BCUT2D eigenvalue weighted by atomic mass is 79.9. The summed E-state index contributed by atoms with van der Waals surface area (Å²) in [6.45, 7) is 0. The Hall–Kier alpha value is -2.74. The van der Waals surface area contributed by atoms with Crippen molar-refractivity contribution in [2.24, 2.45) is 0 Å². The number of hydrogen-bond acceptors (Lipinski definition) is 6. The van der Waals surface area contributed by atoms with Crippen LogP contribution in [0, 0.1) is 10.1 Å². The van der Waals surface area contributed by atoms with Crippen molar-refractivity contribution in [2.45, 2.75) is 0 Å². The third-order valence-electron chi connectivity index (χ3n) is 3.37. The second-order valence-corrected chi connectivity index (χ2v) is 5.59. The number of halogens is 1. The van der Waals surface area contributed by atoms with Gasteiger partial charge in [0.1, 0.15) is 5.52 Å². The van der Waals surface area contributed by atoms with Gasteiger partial charge in [-0.15, -0.1) is 0 Å². The third-order valence-corrected chi connectivity index (χ3v) is 3.96. The molecule has 3 aromatic rings. The van der Waals surface area contributed by atoms with Gasteiger partial charge in [0, 0.05) is 23.7 Å². The summed E-state index contributed by atoms with van der Waals surface area (Å²) in [5.41, 5.74) is 7.65. The van der Waals surface area contributed by atoms with Crippen LogP contribution in [-0.2, 0) is 0 Å². The molecular formula is C15H11BrN4O3. The normalized spacial score (nSPS) is 10.7. The van der Waals surface area contributed by atoms with Crippen LogP contribution in [0.5, 0.6) is 5.75 Å². The molecule has 2 aromatic carbocycles. The second kappa shape index (κ2) is 5.81. The number of fused-ring (bicyclic) bond motifs is 1. The van der Waals surface area contributed by atoms with Gasteiger partial charge in [0.15, 0.2) is 5.75 Å². The van der Waals surface area contributed by atoms with Crippen molar-refractivity contribution in [3.8, 4) is 16.9 Å². The number of aromatic nitrogens is 2. The summed E-state index contributed by atoms with van der Waals surface area (Å²) in [5.74, 6) is 0.655. The van der Waals surface area contributed by atoms with Crippen LogP contribution in [0.2, 0.25) is 0 Å². The highest BCUT2D eigenvalue weighted by Crippen LogP contribution is 2.39. The molecule has 0 aliphatic rings. The molecule has 7 nitrogen and oxygen atoms in total. The SMILES string of the molecule is COc1c(Br)cc(-c2cccc([N+](=O)[O-])c2)c2cnc(N)nc12. The maximum Gasteiger partial charge on any atom is 0.270 e. The van der Waals surface area contributed by atoms with Crippen LogP contribution in [0.4, 0.5) is 11.6 Å². The Balaban J connectivity index is 2.34. The van der Waals surface area contributed by atoms with E-state index in [2.05, 4.69) is 25.9 Å². The monoisotopic (exact) mass is 374 g/mol. The van der Waals surface area contributed by atoms with Crippen LogP contribution in [0.3, 0.4) is 0 Å². The molecule has 1 aromatic heterocycles. The van der Waals surface area contributed by atoms with Crippen LogP contribution in [-0.4, -0.2) is 22.0 Å². The number of ether oxygens (including phenoxy) is 1. The van der Waals surface area contributed by atoms with E-state index in [0.29, 0.717) is 26.7 Å². The zero-order valence-electron chi connectivity index (χ0n) is 12.0. The van der Waals surface area contributed by atoms with Crippen molar-refractivity contribution in [3.05, 3.63) is 51.1 Å². The molecule has 23 heavy (non-hydrogen) atoms. The van der Waals surface area contributed by atoms with Gasteiger partial charge in [0.05, 0.1) is 16.5 Å². The fourth-order valence-corrected chi connectivity index (χ4v) is 2.95. The van der Waals surface area contributed by atoms with E-state index in [-0.39, 0.29) is 11.6 Å². The lowest BCUT2D eigenvalue weighted by atomic mass is 10.0. The summed E-state index contributed by atoms with van der Waals surface area (Å²) in [6.07, 6.45) is 1.58. The van der Waals surface area contributed by atoms with Gasteiger partial charge in [-0.05, 0) is 33.1 Å². The summed E-state index contributed by atoms with van der Waals surface area (Å²) >= 11 is 3.44. The molecule has 0 aliphatic carbocycles. The molecule has 0 saturated heterocycles. The zero-order chi connectivity index (χ0) is 16.6. The van der Waals surface area contributed by atoms with Gasteiger partial charge in [-0.3, -0.25) is 10.1 Å². The number of rotatable bonds is 3. The van der Waals surface area contributed by atoms with Gasteiger partial charge in [-0.1, -0.05) is 12.1 Å². The van der Waals surface area contributed by atoms with Crippen molar-refractivity contribution >= 4 is 38.5 Å². The number of nitrogen functional groups attached to an aromatic ring is 1. The van der Waals surface area contributed by atoms with Crippen molar-refractivity contribution in [2.75, 3.05) is 12.8 Å². The number of hydrogen-bond donors (Lipinski definition) is 1. The minimum atomic E-state index is -0.432. The molecular weight excluding hydrogens is 364 g/mol. The second-order valence-electron chi connectivity index (χ2n) is 4.74. The predicted octanol–water partition coefficient (Wildman–Crippen LogP) is 3.56. The van der Waals surface area contributed by atoms with Gasteiger partial charge in [-0.2, -0.15) is 0 Å². The molecule has 0 spiro atoms. The van der Waals surface area contributed by atoms with Crippen molar-refractivity contribution < 1.29 is 9.66 Å². The quantitative estimate of drug-likeness (QED) is 0.555. The first kappa shape index (κ1) is 15.2. The van der Waals surface area contributed by atoms with E-state index in [0.717, 1.165) is 5.56 Å². The number of nitro groups is 1. The number of benzene rings is 2. The molecule has 1 heterocycles. The number of nitrogens with two attached hydrogens (primary N) is 1. The van der Waals surface area contributed by atoms with E-state index < -0.39 is 4.92 Å². The Morgan fingerprint density at radius 2 is 2.13 bits per heavy atom. The minimum absolute atomic E-state index is 0.0129. The third kappa shape index (κ3) is 2.68. The molecule has 8 heteroatoms. The van der Waals surface area contributed by atoms with E-state index in [1.807, 2.05) is 6.07 Å².